The van der Waals surface area contributed by atoms with Crippen LogP contribution in [0.15, 0.2) is 48.5 Å². The zero-order chi connectivity index (χ0) is 20.2. The number of carbonyl (C=O) groups is 1. The van der Waals surface area contributed by atoms with Crippen LogP contribution in [0.5, 0.6) is 5.75 Å². The fraction of sp³-hybridized carbons (Fsp3) is 0.238. The van der Waals surface area contributed by atoms with Crippen LogP contribution in [0.3, 0.4) is 0 Å². The van der Waals surface area contributed by atoms with Crippen molar-refractivity contribution >= 4 is 58.0 Å². The summed E-state index contributed by atoms with van der Waals surface area (Å²) in [5.41, 5.74) is 2.36. The van der Waals surface area contributed by atoms with Gasteiger partial charge in [0, 0.05) is 36.0 Å². The number of benzene rings is 2. The third-order valence-corrected chi connectivity index (χ3v) is 6.09. The van der Waals surface area contributed by atoms with Gasteiger partial charge >= 0.3 is 0 Å². The molecule has 158 valence electrons. The highest BCUT2D eigenvalue weighted by Crippen LogP contribution is 2.30. The highest BCUT2D eigenvalue weighted by atomic mass is 35.5. The molecule has 4 rings (SSSR count). The van der Waals surface area contributed by atoms with Crippen LogP contribution in [-0.4, -0.2) is 28.9 Å². The van der Waals surface area contributed by atoms with Gasteiger partial charge in [-0.1, -0.05) is 53.5 Å². The summed E-state index contributed by atoms with van der Waals surface area (Å²) in [7, 11) is 0. The van der Waals surface area contributed by atoms with Crippen molar-refractivity contribution in [3.05, 3.63) is 74.7 Å². The van der Waals surface area contributed by atoms with Crippen LogP contribution in [-0.2, 0) is 24.3 Å². The zero-order valence-electron chi connectivity index (χ0n) is 15.9. The lowest BCUT2D eigenvalue weighted by Crippen LogP contribution is -2.29. The summed E-state index contributed by atoms with van der Waals surface area (Å²) < 4.78 is 5.48. The molecule has 0 radical (unpaired) electrons. The molecule has 1 amide bonds. The van der Waals surface area contributed by atoms with E-state index in [0.29, 0.717) is 20.9 Å². The van der Waals surface area contributed by atoms with E-state index < -0.39 is 0 Å². The maximum atomic E-state index is 12.2. The second-order valence-electron chi connectivity index (χ2n) is 6.75. The van der Waals surface area contributed by atoms with E-state index in [-0.39, 0.29) is 24.9 Å². The van der Waals surface area contributed by atoms with Gasteiger partial charge in [0.15, 0.2) is 11.7 Å². The van der Waals surface area contributed by atoms with E-state index in [0.717, 1.165) is 31.7 Å². The number of carbonyl (C=O) groups excluding carboxylic acids is 1. The molecule has 2 aromatic carbocycles. The van der Waals surface area contributed by atoms with Crippen LogP contribution in [0.25, 0.3) is 0 Å². The maximum Gasteiger partial charge on any atom is 0.264 e. The summed E-state index contributed by atoms with van der Waals surface area (Å²) in [5, 5.41) is 4.31. The Morgan fingerprint density at radius 2 is 2.00 bits per heavy atom. The summed E-state index contributed by atoms with van der Waals surface area (Å²) in [4.78, 5) is 20.4. The monoisotopic (exact) mass is 483 g/mol. The molecule has 0 aliphatic carbocycles. The SMILES string of the molecule is Cl.O=C(COc1ccc(Cl)cc1Cl)Nc1nc2c(s1)CN(Cc1ccccc1)CC2. The summed E-state index contributed by atoms with van der Waals surface area (Å²) >= 11 is 13.4. The van der Waals surface area contributed by atoms with Gasteiger partial charge in [-0.2, -0.15) is 0 Å². The van der Waals surface area contributed by atoms with Crippen molar-refractivity contribution in [1.29, 1.82) is 0 Å². The lowest BCUT2D eigenvalue weighted by atomic mass is 10.1. The fourth-order valence-electron chi connectivity index (χ4n) is 3.17. The number of rotatable bonds is 6. The van der Waals surface area contributed by atoms with Gasteiger partial charge < -0.3 is 4.74 Å². The van der Waals surface area contributed by atoms with Crippen molar-refractivity contribution in [1.82, 2.24) is 9.88 Å². The van der Waals surface area contributed by atoms with Crippen LogP contribution in [0, 0.1) is 0 Å². The maximum absolute atomic E-state index is 12.2. The van der Waals surface area contributed by atoms with Gasteiger partial charge in [0.05, 0.1) is 10.7 Å². The van der Waals surface area contributed by atoms with Crippen molar-refractivity contribution in [3.8, 4) is 5.75 Å². The summed E-state index contributed by atoms with van der Waals surface area (Å²) in [6.07, 6.45) is 0.880. The first-order valence-corrected chi connectivity index (χ1v) is 10.8. The average Bonchev–Trinajstić information content (AvgIpc) is 3.09. The number of hydrogen-bond acceptors (Lipinski definition) is 5. The highest BCUT2D eigenvalue weighted by molar-refractivity contribution is 7.15. The number of amides is 1. The predicted molar refractivity (Wildman–Crippen MR) is 124 cm³/mol. The largest absolute Gasteiger partial charge is 0.482 e. The molecular formula is C21H20Cl3N3O2S. The molecule has 0 saturated carbocycles. The Morgan fingerprint density at radius 3 is 2.77 bits per heavy atom. The number of hydrogen-bond donors (Lipinski definition) is 1. The second kappa shape index (κ2) is 10.5. The normalized spacial score (nSPS) is 13.3. The van der Waals surface area contributed by atoms with Crippen molar-refractivity contribution in [3.63, 3.8) is 0 Å². The van der Waals surface area contributed by atoms with Gasteiger partial charge in [0.1, 0.15) is 5.75 Å². The molecule has 1 aliphatic rings. The van der Waals surface area contributed by atoms with Crippen molar-refractivity contribution in [2.24, 2.45) is 0 Å². The minimum absolute atomic E-state index is 0. The fourth-order valence-corrected chi connectivity index (χ4v) is 4.70. The van der Waals surface area contributed by atoms with Gasteiger partial charge in [-0.25, -0.2) is 4.98 Å². The molecule has 0 bridgehead atoms. The highest BCUT2D eigenvalue weighted by Gasteiger charge is 2.21. The summed E-state index contributed by atoms with van der Waals surface area (Å²) in [6.45, 7) is 2.56. The van der Waals surface area contributed by atoms with Gasteiger partial charge in [-0.15, -0.1) is 23.7 Å². The number of fused-ring (bicyclic) bond motifs is 1. The van der Waals surface area contributed by atoms with E-state index in [9.17, 15) is 4.79 Å². The number of anilines is 1. The van der Waals surface area contributed by atoms with E-state index in [1.54, 1.807) is 18.2 Å². The minimum atomic E-state index is -0.275. The smallest absolute Gasteiger partial charge is 0.264 e. The van der Waals surface area contributed by atoms with E-state index in [1.165, 1.54) is 21.8 Å². The van der Waals surface area contributed by atoms with E-state index >= 15 is 0 Å². The topological polar surface area (TPSA) is 54.5 Å². The molecule has 0 saturated heterocycles. The molecule has 0 atom stereocenters. The third kappa shape index (κ3) is 5.86. The van der Waals surface area contributed by atoms with E-state index in [1.807, 2.05) is 6.07 Å². The molecule has 1 aliphatic heterocycles. The number of thiazole rings is 1. The Labute approximate surface area is 195 Å². The molecule has 0 spiro atoms. The quantitative estimate of drug-likeness (QED) is 0.506. The van der Waals surface area contributed by atoms with Crippen LogP contribution >= 0.6 is 46.9 Å². The summed E-state index contributed by atoms with van der Waals surface area (Å²) in [5.74, 6) is 0.143. The molecule has 1 N–H and O–H groups in total. The van der Waals surface area contributed by atoms with Gasteiger partial charge in [-0.05, 0) is 23.8 Å². The standard InChI is InChI=1S/C21H19Cl2N3O2S.ClH/c22-15-6-7-18(16(23)10-15)28-13-20(27)25-21-24-17-8-9-26(12-19(17)29-21)11-14-4-2-1-3-5-14;/h1-7,10H,8-9,11-13H2,(H,24,25,27);1H. The van der Waals surface area contributed by atoms with Gasteiger partial charge in [0.25, 0.3) is 5.91 Å². The first kappa shape index (κ1) is 22.8. The van der Waals surface area contributed by atoms with Crippen molar-refractivity contribution in [2.45, 2.75) is 19.5 Å². The number of ether oxygens (including phenoxy) is 1. The molecule has 30 heavy (non-hydrogen) atoms. The Balaban J connectivity index is 0.00000256. The van der Waals surface area contributed by atoms with Gasteiger partial charge in [0.2, 0.25) is 0 Å². The minimum Gasteiger partial charge on any atom is -0.482 e. The van der Waals surface area contributed by atoms with Crippen LogP contribution < -0.4 is 10.1 Å². The Hall–Kier alpha value is -1.83. The van der Waals surface area contributed by atoms with Crippen LogP contribution in [0.4, 0.5) is 5.13 Å². The van der Waals surface area contributed by atoms with Crippen molar-refractivity contribution in [2.75, 3.05) is 18.5 Å². The van der Waals surface area contributed by atoms with E-state index in [4.69, 9.17) is 27.9 Å². The zero-order valence-corrected chi connectivity index (χ0v) is 19.1. The number of nitrogens with one attached hydrogen (secondary N) is 1. The molecule has 2 heterocycles. The first-order valence-electron chi connectivity index (χ1n) is 9.19. The Bertz CT molecular complexity index is 1010. The molecule has 5 nitrogen and oxygen atoms in total. The second-order valence-corrected chi connectivity index (χ2v) is 8.67. The van der Waals surface area contributed by atoms with Gasteiger partial charge in [-0.3, -0.25) is 15.0 Å². The Morgan fingerprint density at radius 1 is 1.20 bits per heavy atom. The lowest BCUT2D eigenvalue weighted by Gasteiger charge is -2.25. The van der Waals surface area contributed by atoms with Crippen molar-refractivity contribution < 1.29 is 9.53 Å². The van der Waals surface area contributed by atoms with E-state index in [2.05, 4.69) is 39.5 Å². The first-order chi connectivity index (χ1) is 14.1. The van der Waals surface area contributed by atoms with Crippen LogP contribution in [0.2, 0.25) is 10.0 Å². The molecule has 0 fully saturated rings. The molecule has 3 aromatic rings. The van der Waals surface area contributed by atoms with Crippen LogP contribution in [0.1, 0.15) is 16.1 Å². The Kier molecular flexibility index (Phi) is 7.97. The number of halogens is 3. The average molecular weight is 485 g/mol. The number of nitrogens with zero attached hydrogens (tertiary/aromatic N) is 2. The molecule has 1 aromatic heterocycles. The summed E-state index contributed by atoms with van der Waals surface area (Å²) in [6, 6.07) is 15.3. The molecular weight excluding hydrogens is 465 g/mol. The third-order valence-electron chi connectivity index (χ3n) is 4.56. The number of aromatic nitrogens is 1. The molecule has 0 unspecified atom stereocenters. The lowest BCUT2D eigenvalue weighted by molar-refractivity contribution is -0.118. The molecule has 9 heteroatoms. The predicted octanol–water partition coefficient (Wildman–Crippen LogP) is 5.45.